The van der Waals surface area contributed by atoms with Crippen LogP contribution in [0.25, 0.3) is 0 Å². The number of sulfonamides is 1. The molecular weight excluding hydrogens is 334 g/mol. The standard InChI is InChI=1S/C20H25NO3S/c1-3-7-20-21(25(22,23)18-12-10-16(2)11-13-18)15-14-19(24-20)17-8-5-4-6-9-17/h4-6,8-13,19-20H,3,7,14-15H2,1-2H3/t19-,20+/m1/s1. The fourth-order valence-electron chi connectivity index (χ4n) is 3.21. The zero-order chi connectivity index (χ0) is 17.9. The minimum atomic E-state index is -3.55. The number of hydrogen-bond donors (Lipinski definition) is 0. The third-order valence-corrected chi connectivity index (χ3v) is 6.49. The lowest BCUT2D eigenvalue weighted by Gasteiger charge is -2.39. The smallest absolute Gasteiger partial charge is 0.245 e. The molecule has 5 heteroatoms. The Labute approximate surface area is 150 Å². The fraction of sp³-hybridized carbons (Fsp3) is 0.400. The molecule has 25 heavy (non-hydrogen) atoms. The number of benzene rings is 2. The van der Waals surface area contributed by atoms with Gasteiger partial charge in [0, 0.05) is 6.54 Å². The monoisotopic (exact) mass is 359 g/mol. The molecule has 0 aliphatic carbocycles. The van der Waals surface area contributed by atoms with Crippen molar-refractivity contribution in [3.05, 3.63) is 65.7 Å². The van der Waals surface area contributed by atoms with Gasteiger partial charge < -0.3 is 4.74 Å². The Morgan fingerprint density at radius 3 is 2.40 bits per heavy atom. The molecule has 134 valence electrons. The Bertz CT molecular complexity index is 787. The normalized spacial score (nSPS) is 22.0. The number of nitrogens with zero attached hydrogens (tertiary/aromatic N) is 1. The summed E-state index contributed by atoms with van der Waals surface area (Å²) >= 11 is 0. The lowest BCUT2D eigenvalue weighted by molar-refractivity contribution is -0.111. The molecule has 0 bridgehead atoms. The summed E-state index contributed by atoms with van der Waals surface area (Å²) in [6.07, 6.45) is 1.74. The van der Waals surface area contributed by atoms with Gasteiger partial charge in [-0.1, -0.05) is 61.4 Å². The van der Waals surface area contributed by atoms with Crippen LogP contribution in [0, 0.1) is 6.92 Å². The first kappa shape index (κ1) is 18.1. The van der Waals surface area contributed by atoms with Crippen molar-refractivity contribution < 1.29 is 13.2 Å². The van der Waals surface area contributed by atoms with Crippen molar-refractivity contribution in [3.63, 3.8) is 0 Å². The van der Waals surface area contributed by atoms with E-state index >= 15 is 0 Å². The SMILES string of the molecule is CCC[C@@H]1O[C@@H](c2ccccc2)CCN1S(=O)(=O)c1ccc(C)cc1. The highest BCUT2D eigenvalue weighted by molar-refractivity contribution is 7.89. The summed E-state index contributed by atoms with van der Waals surface area (Å²) in [6, 6.07) is 17.1. The van der Waals surface area contributed by atoms with Crippen molar-refractivity contribution in [1.29, 1.82) is 0 Å². The Hall–Kier alpha value is -1.69. The van der Waals surface area contributed by atoms with Crippen molar-refractivity contribution in [2.24, 2.45) is 0 Å². The van der Waals surface area contributed by atoms with Crippen LogP contribution in [0.1, 0.15) is 43.4 Å². The maximum Gasteiger partial charge on any atom is 0.245 e. The lowest BCUT2D eigenvalue weighted by atomic mass is 10.0. The Kier molecular flexibility index (Phi) is 5.57. The van der Waals surface area contributed by atoms with Crippen LogP contribution in [0.15, 0.2) is 59.5 Å². The van der Waals surface area contributed by atoms with Gasteiger partial charge in [0.15, 0.2) is 0 Å². The molecule has 1 heterocycles. The average molecular weight is 359 g/mol. The van der Waals surface area contributed by atoms with E-state index in [-0.39, 0.29) is 6.10 Å². The van der Waals surface area contributed by atoms with Crippen LogP contribution in [0.5, 0.6) is 0 Å². The number of hydrogen-bond acceptors (Lipinski definition) is 3. The first-order valence-electron chi connectivity index (χ1n) is 8.81. The molecule has 0 unspecified atom stereocenters. The van der Waals surface area contributed by atoms with E-state index in [1.165, 1.54) is 4.31 Å². The summed E-state index contributed by atoms with van der Waals surface area (Å²) < 4.78 is 33.9. The van der Waals surface area contributed by atoms with E-state index < -0.39 is 16.3 Å². The zero-order valence-electron chi connectivity index (χ0n) is 14.8. The van der Waals surface area contributed by atoms with E-state index in [1.807, 2.05) is 56.3 Å². The van der Waals surface area contributed by atoms with E-state index in [1.54, 1.807) is 12.1 Å². The van der Waals surface area contributed by atoms with Gasteiger partial charge in [-0.3, -0.25) is 0 Å². The van der Waals surface area contributed by atoms with Gasteiger partial charge in [-0.15, -0.1) is 0 Å². The molecule has 2 atom stereocenters. The van der Waals surface area contributed by atoms with Gasteiger partial charge in [0.2, 0.25) is 10.0 Å². The number of rotatable bonds is 5. The highest BCUT2D eigenvalue weighted by atomic mass is 32.2. The molecule has 0 N–H and O–H groups in total. The molecule has 2 aromatic carbocycles. The lowest BCUT2D eigenvalue weighted by Crippen LogP contribution is -2.47. The highest BCUT2D eigenvalue weighted by Gasteiger charge is 2.37. The molecular formula is C20H25NO3S. The van der Waals surface area contributed by atoms with Crippen LogP contribution in [0.2, 0.25) is 0 Å². The topological polar surface area (TPSA) is 46.6 Å². The molecule has 1 aliphatic rings. The molecule has 0 radical (unpaired) electrons. The summed E-state index contributed by atoms with van der Waals surface area (Å²) in [5, 5.41) is 0. The van der Waals surface area contributed by atoms with Crippen LogP contribution in [0.4, 0.5) is 0 Å². The minimum Gasteiger partial charge on any atom is -0.354 e. The second-order valence-corrected chi connectivity index (χ2v) is 8.39. The molecule has 0 amide bonds. The highest BCUT2D eigenvalue weighted by Crippen LogP contribution is 2.33. The van der Waals surface area contributed by atoms with Crippen LogP contribution in [0.3, 0.4) is 0 Å². The summed E-state index contributed by atoms with van der Waals surface area (Å²) in [5.74, 6) is 0. The first-order chi connectivity index (χ1) is 12.0. The quantitative estimate of drug-likeness (QED) is 0.801. The zero-order valence-corrected chi connectivity index (χ0v) is 15.6. The first-order valence-corrected chi connectivity index (χ1v) is 10.3. The van der Waals surface area contributed by atoms with Crippen molar-refractivity contribution in [1.82, 2.24) is 4.31 Å². The molecule has 0 saturated carbocycles. The fourth-order valence-corrected chi connectivity index (χ4v) is 4.77. The Balaban J connectivity index is 1.85. The molecule has 1 fully saturated rings. The Morgan fingerprint density at radius 1 is 1.08 bits per heavy atom. The largest absolute Gasteiger partial charge is 0.354 e. The molecule has 1 aliphatic heterocycles. The average Bonchev–Trinajstić information content (AvgIpc) is 2.63. The van der Waals surface area contributed by atoms with Gasteiger partial charge in [-0.05, 0) is 37.5 Å². The molecule has 3 rings (SSSR count). The summed E-state index contributed by atoms with van der Waals surface area (Å²) in [5.41, 5.74) is 2.15. The van der Waals surface area contributed by atoms with E-state index in [2.05, 4.69) is 0 Å². The minimum absolute atomic E-state index is 0.0535. The molecule has 2 aromatic rings. The molecule has 0 spiro atoms. The number of aryl methyl sites for hydroxylation is 1. The van der Waals surface area contributed by atoms with Gasteiger partial charge in [-0.25, -0.2) is 8.42 Å². The molecule has 0 aromatic heterocycles. The summed E-state index contributed by atoms with van der Waals surface area (Å²) in [7, 11) is -3.55. The van der Waals surface area contributed by atoms with Crippen molar-refractivity contribution >= 4 is 10.0 Å². The predicted molar refractivity (Wildman–Crippen MR) is 98.7 cm³/mol. The van der Waals surface area contributed by atoms with Crippen LogP contribution in [-0.2, 0) is 14.8 Å². The van der Waals surface area contributed by atoms with Gasteiger partial charge in [0.1, 0.15) is 6.23 Å². The van der Waals surface area contributed by atoms with E-state index in [4.69, 9.17) is 4.74 Å². The molecule has 1 saturated heterocycles. The molecule has 4 nitrogen and oxygen atoms in total. The second kappa shape index (κ2) is 7.68. The predicted octanol–water partition coefficient (Wildman–Crippen LogP) is 4.27. The van der Waals surface area contributed by atoms with E-state index in [9.17, 15) is 8.42 Å². The Morgan fingerprint density at radius 2 is 1.76 bits per heavy atom. The number of ether oxygens (including phenoxy) is 1. The maximum absolute atomic E-state index is 13.1. The van der Waals surface area contributed by atoms with Crippen molar-refractivity contribution in [2.75, 3.05) is 6.54 Å². The van der Waals surface area contributed by atoms with Gasteiger partial charge in [0.05, 0.1) is 11.0 Å². The maximum atomic E-state index is 13.1. The van der Waals surface area contributed by atoms with Gasteiger partial charge in [-0.2, -0.15) is 4.31 Å². The van der Waals surface area contributed by atoms with Gasteiger partial charge in [0.25, 0.3) is 0 Å². The van der Waals surface area contributed by atoms with Crippen molar-refractivity contribution in [3.8, 4) is 0 Å². The van der Waals surface area contributed by atoms with Gasteiger partial charge >= 0.3 is 0 Å². The third-order valence-electron chi connectivity index (χ3n) is 4.59. The summed E-state index contributed by atoms with van der Waals surface area (Å²) in [4.78, 5) is 0.334. The van der Waals surface area contributed by atoms with Crippen molar-refractivity contribution in [2.45, 2.75) is 50.3 Å². The second-order valence-electron chi connectivity index (χ2n) is 6.50. The van der Waals surface area contributed by atoms with Crippen LogP contribution in [-0.4, -0.2) is 25.5 Å². The van der Waals surface area contributed by atoms with Crippen LogP contribution >= 0.6 is 0 Å². The van der Waals surface area contributed by atoms with E-state index in [0.29, 0.717) is 24.3 Å². The third kappa shape index (κ3) is 3.94. The van der Waals surface area contributed by atoms with E-state index in [0.717, 1.165) is 17.5 Å². The van der Waals surface area contributed by atoms with Crippen LogP contribution < -0.4 is 0 Å². The summed E-state index contributed by atoms with van der Waals surface area (Å²) in [6.45, 7) is 4.47.